The molecule has 0 unspecified atom stereocenters. The third kappa shape index (κ3) is 4.35. The van der Waals surface area contributed by atoms with Crippen LogP contribution in [0.4, 0.5) is 0 Å². The number of aliphatic carboxylic acids is 1. The number of nitrogens with zero attached hydrogens (tertiary/aromatic N) is 1. The fourth-order valence-corrected chi connectivity index (χ4v) is 5.57. The maximum Gasteiger partial charge on any atom is 0.311 e. The van der Waals surface area contributed by atoms with Gasteiger partial charge in [-0.2, -0.15) is 0 Å². The highest BCUT2D eigenvalue weighted by molar-refractivity contribution is 6.24. The second-order valence-corrected chi connectivity index (χ2v) is 11.3. The van der Waals surface area contributed by atoms with Gasteiger partial charge in [0.2, 0.25) is 5.78 Å². The van der Waals surface area contributed by atoms with Gasteiger partial charge in [-0.05, 0) is 52.9 Å². The average Bonchev–Trinajstić information content (AvgIpc) is 2.84. The van der Waals surface area contributed by atoms with Crippen LogP contribution in [0.5, 0.6) is 5.75 Å². The molecule has 1 aromatic carbocycles. The van der Waals surface area contributed by atoms with E-state index in [0.29, 0.717) is 0 Å². The van der Waals surface area contributed by atoms with Crippen LogP contribution in [0.25, 0.3) is 5.76 Å². The zero-order valence-electron chi connectivity index (χ0n) is 22.7. The van der Waals surface area contributed by atoms with Gasteiger partial charge in [0.1, 0.15) is 22.8 Å². The lowest BCUT2D eigenvalue weighted by molar-refractivity contribution is -0.159. The van der Waals surface area contributed by atoms with Gasteiger partial charge in [0, 0.05) is 17.4 Å². The summed E-state index contributed by atoms with van der Waals surface area (Å²) in [5, 5.41) is 71.6. The normalized spacial score (nSPS) is 29.8. The molecule has 218 valence electrons. The second-order valence-electron chi connectivity index (χ2n) is 11.3. The van der Waals surface area contributed by atoms with Gasteiger partial charge in [-0.25, -0.2) is 0 Å². The lowest BCUT2D eigenvalue weighted by Gasteiger charge is -2.53. The average molecular weight is 563 g/mol. The number of Topliss-reactive ketones (excluding diaryl/α,β-unsaturated/α-hetero) is 2. The van der Waals surface area contributed by atoms with Gasteiger partial charge in [0.05, 0.1) is 29.2 Å². The molecular formula is C27H34N2O11. The van der Waals surface area contributed by atoms with Gasteiger partial charge in [0.15, 0.2) is 11.4 Å². The van der Waals surface area contributed by atoms with E-state index in [0.717, 1.165) is 0 Å². The number of nitrogens with two attached hydrogens (primary N) is 1. The molecule has 5 atom stereocenters. The molecular weight excluding hydrogens is 528 g/mol. The van der Waals surface area contributed by atoms with Gasteiger partial charge < -0.3 is 41.5 Å². The number of primary amides is 1. The lowest BCUT2D eigenvalue weighted by Crippen LogP contribution is -2.67. The van der Waals surface area contributed by atoms with Crippen molar-refractivity contribution in [1.82, 2.24) is 4.90 Å². The highest BCUT2D eigenvalue weighted by Gasteiger charge is 2.66. The molecule has 0 aliphatic heterocycles. The number of hydrogen-bond acceptors (Lipinski definition) is 11. The van der Waals surface area contributed by atoms with Crippen molar-refractivity contribution in [2.24, 2.45) is 23.0 Å². The molecule has 1 amide bonds. The molecule has 3 aliphatic carbocycles. The number of likely N-dealkylation sites (N-methyl/N-ethyl adjacent to an activating group) is 1. The summed E-state index contributed by atoms with van der Waals surface area (Å²) >= 11 is 0. The van der Waals surface area contributed by atoms with Crippen LogP contribution in [0.2, 0.25) is 0 Å². The molecule has 0 bridgehead atoms. The van der Waals surface area contributed by atoms with E-state index in [1.165, 1.54) is 58.0 Å². The van der Waals surface area contributed by atoms with Gasteiger partial charge >= 0.3 is 5.97 Å². The summed E-state index contributed by atoms with van der Waals surface area (Å²) in [6, 6.07) is 3.02. The summed E-state index contributed by atoms with van der Waals surface area (Å²) in [5.41, 5.74) is -1.53. The standard InChI is InChI=1S/C22H24N2O8.C5H10O3/c1-21(31)8-5-4-6-11(25)12(8)16(26)13-9(21)7-10-15(24(2)3)17(27)14(20(23)30)19(29)22(10,32)18(13)28;1-5(2,3-6)4(7)8/h4-6,9-10,15,25-26,29,31-32H,7H2,1-3H3,(H2,23,30);6H,3H2,1-2H3,(H,7,8)/t9-,10-,15-,21+,22-;/m0./s1. The molecule has 0 spiro atoms. The van der Waals surface area contributed by atoms with Crippen molar-refractivity contribution in [1.29, 1.82) is 0 Å². The van der Waals surface area contributed by atoms with Crippen molar-refractivity contribution in [3.63, 3.8) is 0 Å². The van der Waals surface area contributed by atoms with Gasteiger partial charge in [-0.1, -0.05) is 12.1 Å². The van der Waals surface area contributed by atoms with E-state index in [-0.39, 0.29) is 24.2 Å². The van der Waals surface area contributed by atoms with Gasteiger partial charge in [-0.15, -0.1) is 0 Å². The Morgan fingerprint density at radius 1 is 1.12 bits per heavy atom. The summed E-state index contributed by atoms with van der Waals surface area (Å²) < 4.78 is 0. The Bertz CT molecular complexity index is 1360. The van der Waals surface area contributed by atoms with E-state index in [2.05, 4.69) is 0 Å². The quantitative estimate of drug-likeness (QED) is 0.221. The van der Waals surface area contributed by atoms with Gasteiger partial charge in [0.25, 0.3) is 5.91 Å². The number of carbonyl (C=O) groups is 4. The topological polar surface area (TPSA) is 239 Å². The molecule has 1 fully saturated rings. The van der Waals surface area contributed by atoms with Crippen molar-refractivity contribution in [2.45, 2.75) is 44.4 Å². The number of aliphatic hydroxyl groups excluding tert-OH is 3. The van der Waals surface area contributed by atoms with Gasteiger partial charge in [-0.3, -0.25) is 24.1 Å². The zero-order valence-corrected chi connectivity index (χ0v) is 22.7. The lowest BCUT2D eigenvalue weighted by atomic mass is 9.54. The Hall–Kier alpha value is -3.78. The SMILES string of the molecule is CC(C)(CO)C(=O)O.CN(C)[C@@H]1C(=O)C(C(N)=O)=C(O)[C@@]2(O)C(=O)C3=C(O)c4c(O)cccc4[C@@](C)(O)[C@H]3C[C@@H]12. The van der Waals surface area contributed by atoms with Crippen LogP contribution in [-0.2, 0) is 24.8 Å². The van der Waals surface area contributed by atoms with E-state index in [1.807, 2.05) is 0 Å². The van der Waals surface area contributed by atoms with E-state index < -0.39 is 86.4 Å². The third-order valence-corrected chi connectivity index (χ3v) is 7.99. The highest BCUT2D eigenvalue weighted by Crippen LogP contribution is 2.57. The number of carboxylic acids is 1. The summed E-state index contributed by atoms with van der Waals surface area (Å²) in [5.74, 6) is -8.87. The number of hydrogen-bond donors (Lipinski definition) is 8. The molecule has 0 aromatic heterocycles. The number of carbonyl (C=O) groups excluding carboxylic acids is 3. The fourth-order valence-electron chi connectivity index (χ4n) is 5.57. The van der Waals surface area contributed by atoms with Crippen LogP contribution >= 0.6 is 0 Å². The summed E-state index contributed by atoms with van der Waals surface area (Å²) in [7, 11) is 3.01. The van der Waals surface area contributed by atoms with E-state index in [4.69, 9.17) is 15.9 Å². The predicted molar refractivity (Wildman–Crippen MR) is 139 cm³/mol. The number of phenols is 1. The Labute approximate surface area is 229 Å². The van der Waals surface area contributed by atoms with Crippen LogP contribution in [0.15, 0.2) is 35.1 Å². The third-order valence-electron chi connectivity index (χ3n) is 7.99. The molecule has 13 nitrogen and oxygen atoms in total. The van der Waals surface area contributed by atoms with Crippen molar-refractivity contribution < 1.29 is 54.9 Å². The molecule has 0 radical (unpaired) electrons. The molecule has 4 rings (SSSR count). The van der Waals surface area contributed by atoms with Crippen molar-refractivity contribution in [2.75, 3.05) is 20.7 Å². The van der Waals surface area contributed by atoms with Crippen LogP contribution in [0.3, 0.4) is 0 Å². The number of fused-ring (bicyclic) bond motifs is 3. The first-order valence-electron chi connectivity index (χ1n) is 12.3. The number of amides is 1. The number of phenolic OH excluding ortho intramolecular Hbond substituents is 1. The molecule has 0 heterocycles. The minimum atomic E-state index is -2.75. The fraction of sp³-hybridized carbons (Fsp3) is 0.481. The minimum Gasteiger partial charge on any atom is -0.508 e. The molecule has 3 aliphatic rings. The molecule has 9 N–H and O–H groups in total. The summed E-state index contributed by atoms with van der Waals surface area (Å²) in [4.78, 5) is 50.1. The number of rotatable bonds is 4. The van der Waals surface area contributed by atoms with Crippen LogP contribution < -0.4 is 5.73 Å². The number of aliphatic hydroxyl groups is 5. The van der Waals surface area contributed by atoms with Crippen LogP contribution in [0.1, 0.15) is 38.3 Å². The van der Waals surface area contributed by atoms with Crippen molar-refractivity contribution >= 4 is 29.2 Å². The number of carboxylic acid groups (broad SMARTS) is 1. The molecule has 1 aromatic rings. The summed E-state index contributed by atoms with van der Waals surface area (Å²) in [6.07, 6.45) is -0.200. The van der Waals surface area contributed by atoms with Crippen molar-refractivity contribution in [3.05, 3.63) is 46.2 Å². The first-order valence-corrected chi connectivity index (χ1v) is 12.3. The first-order chi connectivity index (χ1) is 18.3. The van der Waals surface area contributed by atoms with Crippen molar-refractivity contribution in [3.8, 4) is 5.75 Å². The predicted octanol–water partition coefficient (Wildman–Crippen LogP) is -0.281. The maximum absolute atomic E-state index is 13.7. The number of ketones is 2. The van der Waals surface area contributed by atoms with E-state index in [9.17, 15) is 44.7 Å². The zero-order chi connectivity index (χ0) is 30.7. The minimum absolute atomic E-state index is 0.170. The van der Waals surface area contributed by atoms with Crippen LogP contribution in [-0.4, -0.2) is 96.4 Å². The number of aromatic hydroxyl groups is 1. The Morgan fingerprint density at radius 2 is 1.70 bits per heavy atom. The largest absolute Gasteiger partial charge is 0.508 e. The Morgan fingerprint density at radius 3 is 2.15 bits per heavy atom. The van der Waals surface area contributed by atoms with Crippen LogP contribution in [0, 0.1) is 17.3 Å². The van der Waals surface area contributed by atoms with E-state index in [1.54, 1.807) is 0 Å². The maximum atomic E-state index is 13.7. The highest BCUT2D eigenvalue weighted by atomic mass is 16.4. The number of benzene rings is 1. The molecule has 1 saturated carbocycles. The molecule has 0 saturated heterocycles. The second kappa shape index (κ2) is 10.0. The molecule has 40 heavy (non-hydrogen) atoms. The monoisotopic (exact) mass is 562 g/mol. The Kier molecular flexibility index (Phi) is 7.69. The smallest absolute Gasteiger partial charge is 0.311 e. The Balaban J connectivity index is 0.000000482. The molecule has 13 heteroatoms. The van der Waals surface area contributed by atoms with E-state index >= 15 is 0 Å². The first kappa shape index (κ1) is 30.8. The summed E-state index contributed by atoms with van der Waals surface area (Å²) in [6.45, 7) is 4.02.